The first-order chi connectivity index (χ1) is 13.0. The van der Waals surface area contributed by atoms with E-state index in [9.17, 15) is 8.42 Å². The maximum Gasteiger partial charge on any atom is 0.300 e. The van der Waals surface area contributed by atoms with Crippen LogP contribution in [0, 0.1) is 0 Å². The third kappa shape index (κ3) is 4.65. The molecule has 0 saturated carbocycles. The highest BCUT2D eigenvalue weighted by Crippen LogP contribution is 2.37. The van der Waals surface area contributed by atoms with Gasteiger partial charge in [0.15, 0.2) is 5.82 Å². The smallest absolute Gasteiger partial charge is 0.300 e. The molecule has 0 radical (unpaired) electrons. The molecule has 1 aromatic heterocycles. The zero-order chi connectivity index (χ0) is 19.3. The number of hydrogen-bond acceptors (Lipinski definition) is 7. The molecule has 0 spiro atoms. The van der Waals surface area contributed by atoms with Gasteiger partial charge in [0.25, 0.3) is 10.2 Å². The van der Waals surface area contributed by atoms with Gasteiger partial charge in [0.2, 0.25) is 5.88 Å². The lowest BCUT2D eigenvalue weighted by molar-refractivity contribution is 0.197. The molecule has 27 heavy (non-hydrogen) atoms. The van der Waals surface area contributed by atoms with Gasteiger partial charge >= 0.3 is 0 Å². The summed E-state index contributed by atoms with van der Waals surface area (Å²) >= 11 is 0. The van der Waals surface area contributed by atoms with Gasteiger partial charge in [0.1, 0.15) is 18.7 Å². The molecule has 1 aliphatic heterocycles. The van der Waals surface area contributed by atoms with Gasteiger partial charge in [-0.2, -0.15) is 13.1 Å². The summed E-state index contributed by atoms with van der Waals surface area (Å²) in [5.74, 6) is 1.09. The number of ether oxygens (including phenoxy) is 2. The maximum atomic E-state index is 12.3. The number of nitrogens with one attached hydrogen (secondary N) is 2. The van der Waals surface area contributed by atoms with Crippen molar-refractivity contribution in [2.24, 2.45) is 0 Å². The van der Waals surface area contributed by atoms with Gasteiger partial charge in [-0.15, -0.1) is 0 Å². The van der Waals surface area contributed by atoms with E-state index < -0.39 is 10.2 Å². The Kier molecular flexibility index (Phi) is 6.09. The molecule has 146 valence electrons. The highest BCUT2D eigenvalue weighted by atomic mass is 32.2. The average Bonchev–Trinajstić information content (AvgIpc) is 3.12. The Morgan fingerprint density at radius 1 is 1.33 bits per heavy atom. The van der Waals surface area contributed by atoms with Crippen molar-refractivity contribution in [2.45, 2.75) is 19.8 Å². The van der Waals surface area contributed by atoms with Crippen LogP contribution in [0.5, 0.6) is 11.6 Å². The predicted molar refractivity (Wildman–Crippen MR) is 100 cm³/mol. The number of fused-ring (bicyclic) bond motifs is 1. The zero-order valence-corrected chi connectivity index (χ0v) is 15.8. The normalized spacial score (nSPS) is 13.1. The molecule has 3 rings (SSSR count). The summed E-state index contributed by atoms with van der Waals surface area (Å²) in [7, 11) is -3.80. The number of aliphatic hydroxyl groups is 1. The first kappa shape index (κ1) is 19.3. The molecule has 1 aromatic carbocycles. The Labute approximate surface area is 157 Å². The van der Waals surface area contributed by atoms with Gasteiger partial charge in [-0.25, -0.2) is 9.97 Å². The van der Waals surface area contributed by atoms with Crippen molar-refractivity contribution < 1.29 is 23.0 Å². The lowest BCUT2D eigenvalue weighted by Crippen LogP contribution is -2.31. The Morgan fingerprint density at radius 3 is 2.96 bits per heavy atom. The Bertz CT molecular complexity index is 904. The molecule has 0 atom stereocenters. The Morgan fingerprint density at radius 2 is 2.19 bits per heavy atom. The number of nitrogens with zero attached hydrogens (tertiary/aromatic N) is 2. The van der Waals surface area contributed by atoms with Gasteiger partial charge in [-0.05, 0) is 29.7 Å². The maximum absolute atomic E-state index is 12.3. The van der Waals surface area contributed by atoms with Crippen LogP contribution < -0.4 is 18.9 Å². The molecule has 0 saturated heterocycles. The van der Waals surface area contributed by atoms with Crippen molar-refractivity contribution in [3.05, 3.63) is 30.1 Å². The fraction of sp³-hybridized carbons (Fsp3) is 0.412. The molecule has 2 aromatic rings. The summed E-state index contributed by atoms with van der Waals surface area (Å²) in [4.78, 5) is 8.20. The fourth-order valence-electron chi connectivity index (χ4n) is 2.70. The van der Waals surface area contributed by atoms with Crippen LogP contribution in [0.2, 0.25) is 0 Å². The molecular formula is C17H22N4O5S. The van der Waals surface area contributed by atoms with E-state index in [1.807, 2.05) is 19.1 Å². The fourth-order valence-corrected chi connectivity index (χ4v) is 3.65. The molecule has 0 fully saturated rings. The summed E-state index contributed by atoms with van der Waals surface area (Å²) in [5.41, 5.74) is 2.12. The quantitative estimate of drug-likeness (QED) is 0.582. The molecule has 1 aliphatic rings. The first-order valence-electron chi connectivity index (χ1n) is 8.66. The van der Waals surface area contributed by atoms with Crippen molar-refractivity contribution in [1.29, 1.82) is 0 Å². The zero-order valence-electron chi connectivity index (χ0n) is 14.9. The van der Waals surface area contributed by atoms with Crippen LogP contribution in [0.25, 0.3) is 11.1 Å². The summed E-state index contributed by atoms with van der Waals surface area (Å²) in [6, 6.07) is 5.53. The number of rotatable bonds is 9. The number of anilines is 1. The lowest BCUT2D eigenvalue weighted by Gasteiger charge is -2.15. The minimum absolute atomic E-state index is 0.0261. The van der Waals surface area contributed by atoms with Crippen molar-refractivity contribution in [2.75, 3.05) is 31.1 Å². The molecule has 0 aliphatic carbocycles. The van der Waals surface area contributed by atoms with Gasteiger partial charge in [-0.3, -0.25) is 4.72 Å². The summed E-state index contributed by atoms with van der Waals surface area (Å²) in [6.45, 7) is 2.61. The minimum Gasteiger partial charge on any atom is -0.493 e. The Balaban J connectivity index is 2.03. The summed E-state index contributed by atoms with van der Waals surface area (Å²) < 4.78 is 40.5. The van der Waals surface area contributed by atoms with Crippen LogP contribution in [0.4, 0.5) is 5.82 Å². The van der Waals surface area contributed by atoms with Crippen molar-refractivity contribution >= 4 is 16.0 Å². The van der Waals surface area contributed by atoms with E-state index in [2.05, 4.69) is 19.4 Å². The highest BCUT2D eigenvalue weighted by molar-refractivity contribution is 7.90. The molecule has 0 unspecified atom stereocenters. The van der Waals surface area contributed by atoms with Crippen LogP contribution in [-0.2, 0) is 16.6 Å². The second-order valence-electron chi connectivity index (χ2n) is 5.90. The molecule has 9 nitrogen and oxygen atoms in total. The third-order valence-corrected chi connectivity index (χ3v) is 4.94. The van der Waals surface area contributed by atoms with Crippen LogP contribution in [0.1, 0.15) is 18.9 Å². The highest BCUT2D eigenvalue weighted by Gasteiger charge is 2.21. The van der Waals surface area contributed by atoms with E-state index in [1.165, 1.54) is 6.33 Å². The lowest BCUT2D eigenvalue weighted by atomic mass is 10.0. The topological polar surface area (TPSA) is 123 Å². The van der Waals surface area contributed by atoms with E-state index in [4.69, 9.17) is 14.6 Å². The summed E-state index contributed by atoms with van der Waals surface area (Å²) in [5, 5.41) is 9.06. The standard InChI is InChI=1S/C17H22N4O5S/c1-2-6-20-27(23,24)21-16-15(17(19-11-18-16)26-9-7-22)13-3-4-14-12(10-13)5-8-25-14/h3-4,10-11,20,22H,2,5-9H2,1H3,(H,18,19,21). The van der Waals surface area contributed by atoms with Gasteiger partial charge in [0.05, 0.1) is 18.8 Å². The molecule has 3 N–H and O–H groups in total. The van der Waals surface area contributed by atoms with Gasteiger partial charge < -0.3 is 14.6 Å². The van der Waals surface area contributed by atoms with Crippen molar-refractivity contribution in [1.82, 2.24) is 14.7 Å². The molecule has 0 amide bonds. The van der Waals surface area contributed by atoms with E-state index in [-0.39, 0.29) is 24.9 Å². The second-order valence-corrected chi connectivity index (χ2v) is 7.39. The van der Waals surface area contributed by atoms with E-state index in [0.717, 1.165) is 17.7 Å². The predicted octanol–water partition coefficient (Wildman–Crippen LogP) is 1.11. The number of aromatic nitrogens is 2. The SMILES string of the molecule is CCCNS(=O)(=O)Nc1ncnc(OCCO)c1-c1ccc2c(c1)CCO2. The van der Waals surface area contributed by atoms with Gasteiger partial charge in [-0.1, -0.05) is 13.0 Å². The third-order valence-electron chi connectivity index (χ3n) is 3.89. The number of aliphatic hydroxyl groups excluding tert-OH is 1. The van der Waals surface area contributed by atoms with E-state index in [0.29, 0.717) is 30.7 Å². The van der Waals surface area contributed by atoms with Crippen LogP contribution in [0.3, 0.4) is 0 Å². The monoisotopic (exact) mass is 394 g/mol. The van der Waals surface area contributed by atoms with Crippen molar-refractivity contribution in [3.63, 3.8) is 0 Å². The molecule has 10 heteroatoms. The van der Waals surface area contributed by atoms with Crippen LogP contribution in [-0.4, -0.2) is 49.9 Å². The number of hydrogen-bond donors (Lipinski definition) is 3. The second kappa shape index (κ2) is 8.51. The molecule has 0 bridgehead atoms. The number of benzene rings is 1. The van der Waals surface area contributed by atoms with E-state index >= 15 is 0 Å². The molecular weight excluding hydrogens is 372 g/mol. The molecule has 2 heterocycles. The van der Waals surface area contributed by atoms with E-state index in [1.54, 1.807) is 6.07 Å². The van der Waals surface area contributed by atoms with Crippen LogP contribution in [0.15, 0.2) is 24.5 Å². The van der Waals surface area contributed by atoms with Crippen LogP contribution >= 0.6 is 0 Å². The van der Waals surface area contributed by atoms with Gasteiger partial charge in [0, 0.05) is 13.0 Å². The Hall–Kier alpha value is -2.43. The van der Waals surface area contributed by atoms with Crippen molar-refractivity contribution in [3.8, 4) is 22.8 Å². The average molecular weight is 394 g/mol. The summed E-state index contributed by atoms with van der Waals surface area (Å²) in [6.07, 6.45) is 2.64. The largest absolute Gasteiger partial charge is 0.493 e. The minimum atomic E-state index is -3.80. The first-order valence-corrected chi connectivity index (χ1v) is 10.1.